The smallest absolute Gasteiger partial charge is 0.410 e. The largest absolute Gasteiger partial charge is 0.450 e. The number of carbonyl (C=O) groups is 1. The van der Waals surface area contributed by atoms with Gasteiger partial charge in [0.1, 0.15) is 0 Å². The maximum Gasteiger partial charge on any atom is 0.410 e. The molecule has 1 aliphatic carbocycles. The zero-order chi connectivity index (χ0) is 8.97. The van der Waals surface area contributed by atoms with Gasteiger partial charge in [0.2, 0.25) is 0 Å². The Kier molecular flexibility index (Phi) is 3.34. The Morgan fingerprint density at radius 3 is 2.75 bits per heavy atom. The van der Waals surface area contributed by atoms with Crippen LogP contribution in [0.1, 0.15) is 19.8 Å². The minimum absolute atomic E-state index is 0.217. The molecule has 12 heavy (non-hydrogen) atoms. The van der Waals surface area contributed by atoms with Crippen molar-refractivity contribution in [1.82, 2.24) is 4.90 Å². The standard InChI is InChI=1S/C8H16N2O2/c1-2-12-8(11)10(6-5-9)7-3-4-7/h7H,2-6,9H2,1H3. The van der Waals surface area contributed by atoms with Crippen LogP contribution in [-0.4, -0.2) is 36.7 Å². The van der Waals surface area contributed by atoms with E-state index in [9.17, 15) is 4.79 Å². The lowest BCUT2D eigenvalue weighted by Crippen LogP contribution is -2.37. The van der Waals surface area contributed by atoms with E-state index in [0.29, 0.717) is 25.7 Å². The van der Waals surface area contributed by atoms with Gasteiger partial charge in [-0.3, -0.25) is 0 Å². The summed E-state index contributed by atoms with van der Waals surface area (Å²) >= 11 is 0. The molecule has 0 saturated heterocycles. The van der Waals surface area contributed by atoms with Crippen LogP contribution in [0.2, 0.25) is 0 Å². The Labute approximate surface area is 72.7 Å². The molecule has 0 aliphatic heterocycles. The normalized spacial score (nSPS) is 15.8. The van der Waals surface area contributed by atoms with Gasteiger partial charge in [-0.2, -0.15) is 0 Å². The highest BCUT2D eigenvalue weighted by Crippen LogP contribution is 2.26. The van der Waals surface area contributed by atoms with Crippen LogP contribution in [0.25, 0.3) is 0 Å². The molecule has 0 heterocycles. The third-order valence-electron chi connectivity index (χ3n) is 1.86. The quantitative estimate of drug-likeness (QED) is 0.674. The molecule has 1 fully saturated rings. The number of nitrogens with zero attached hydrogens (tertiary/aromatic N) is 1. The highest BCUT2D eigenvalue weighted by Gasteiger charge is 2.32. The molecule has 70 valence electrons. The van der Waals surface area contributed by atoms with Crippen molar-refractivity contribution in [2.75, 3.05) is 19.7 Å². The average Bonchev–Trinajstić information content (AvgIpc) is 2.83. The fourth-order valence-corrected chi connectivity index (χ4v) is 1.15. The van der Waals surface area contributed by atoms with Gasteiger partial charge in [-0.25, -0.2) is 4.79 Å². The van der Waals surface area contributed by atoms with Gasteiger partial charge in [0.05, 0.1) is 6.61 Å². The fraction of sp³-hybridized carbons (Fsp3) is 0.875. The van der Waals surface area contributed by atoms with Crippen molar-refractivity contribution in [3.63, 3.8) is 0 Å². The number of amides is 1. The van der Waals surface area contributed by atoms with Crippen LogP contribution in [0.15, 0.2) is 0 Å². The van der Waals surface area contributed by atoms with Crippen molar-refractivity contribution in [1.29, 1.82) is 0 Å². The first kappa shape index (κ1) is 9.32. The Morgan fingerprint density at radius 1 is 1.67 bits per heavy atom. The first-order chi connectivity index (χ1) is 5.79. The van der Waals surface area contributed by atoms with Gasteiger partial charge in [0.25, 0.3) is 0 Å². The predicted octanol–water partition coefficient (Wildman–Crippen LogP) is 0.566. The van der Waals surface area contributed by atoms with Crippen LogP contribution in [-0.2, 0) is 4.74 Å². The number of hydrogen-bond acceptors (Lipinski definition) is 3. The van der Waals surface area contributed by atoms with E-state index in [1.54, 1.807) is 4.90 Å². The maximum absolute atomic E-state index is 11.3. The van der Waals surface area contributed by atoms with Crippen molar-refractivity contribution in [3.05, 3.63) is 0 Å². The molecule has 0 radical (unpaired) electrons. The summed E-state index contributed by atoms with van der Waals surface area (Å²) in [5.41, 5.74) is 5.38. The van der Waals surface area contributed by atoms with E-state index in [1.165, 1.54) is 0 Å². The van der Waals surface area contributed by atoms with Gasteiger partial charge in [0.15, 0.2) is 0 Å². The van der Waals surface area contributed by atoms with Crippen LogP contribution >= 0.6 is 0 Å². The molecule has 0 spiro atoms. The van der Waals surface area contributed by atoms with Crippen molar-refractivity contribution in [3.8, 4) is 0 Å². The van der Waals surface area contributed by atoms with Crippen molar-refractivity contribution >= 4 is 6.09 Å². The van der Waals surface area contributed by atoms with E-state index in [0.717, 1.165) is 12.8 Å². The number of ether oxygens (including phenoxy) is 1. The number of nitrogens with two attached hydrogens (primary N) is 1. The summed E-state index contributed by atoms with van der Waals surface area (Å²) in [7, 11) is 0. The third kappa shape index (κ3) is 2.37. The van der Waals surface area contributed by atoms with Crippen LogP contribution < -0.4 is 5.73 Å². The van der Waals surface area contributed by atoms with Gasteiger partial charge in [-0.1, -0.05) is 0 Å². The number of rotatable bonds is 4. The molecule has 1 saturated carbocycles. The zero-order valence-electron chi connectivity index (χ0n) is 7.45. The summed E-state index contributed by atoms with van der Waals surface area (Å²) < 4.78 is 4.89. The molecular weight excluding hydrogens is 156 g/mol. The summed E-state index contributed by atoms with van der Waals surface area (Å²) in [5.74, 6) is 0. The van der Waals surface area contributed by atoms with Crippen LogP contribution in [0.4, 0.5) is 4.79 Å². The topological polar surface area (TPSA) is 55.6 Å². The van der Waals surface area contributed by atoms with Crippen LogP contribution in [0.3, 0.4) is 0 Å². The molecule has 4 nitrogen and oxygen atoms in total. The number of hydrogen-bond donors (Lipinski definition) is 1. The third-order valence-corrected chi connectivity index (χ3v) is 1.86. The Balaban J connectivity index is 2.34. The fourth-order valence-electron chi connectivity index (χ4n) is 1.15. The van der Waals surface area contributed by atoms with E-state index in [4.69, 9.17) is 10.5 Å². The first-order valence-corrected chi connectivity index (χ1v) is 4.43. The van der Waals surface area contributed by atoms with Gasteiger partial charge >= 0.3 is 6.09 Å². The molecule has 0 aromatic rings. The Morgan fingerprint density at radius 2 is 2.33 bits per heavy atom. The lowest BCUT2D eigenvalue weighted by molar-refractivity contribution is 0.105. The van der Waals surface area contributed by atoms with Gasteiger partial charge in [-0.05, 0) is 19.8 Å². The maximum atomic E-state index is 11.3. The van der Waals surface area contributed by atoms with Crippen LogP contribution in [0.5, 0.6) is 0 Å². The molecule has 0 unspecified atom stereocenters. The lowest BCUT2D eigenvalue weighted by atomic mass is 10.5. The Bertz CT molecular complexity index is 157. The van der Waals surface area contributed by atoms with E-state index in [-0.39, 0.29) is 6.09 Å². The van der Waals surface area contributed by atoms with Crippen molar-refractivity contribution in [2.45, 2.75) is 25.8 Å². The van der Waals surface area contributed by atoms with E-state index in [2.05, 4.69) is 0 Å². The number of carbonyl (C=O) groups excluding carboxylic acids is 1. The first-order valence-electron chi connectivity index (χ1n) is 4.43. The SMILES string of the molecule is CCOC(=O)N(CCN)C1CC1. The van der Waals surface area contributed by atoms with E-state index in [1.807, 2.05) is 6.92 Å². The summed E-state index contributed by atoms with van der Waals surface area (Å²) in [6, 6.07) is 0.396. The molecule has 0 aromatic carbocycles. The van der Waals surface area contributed by atoms with Crippen LogP contribution in [0, 0.1) is 0 Å². The molecule has 1 rings (SSSR count). The van der Waals surface area contributed by atoms with Gasteiger partial charge < -0.3 is 15.4 Å². The predicted molar refractivity (Wildman–Crippen MR) is 45.8 cm³/mol. The second kappa shape index (κ2) is 4.30. The average molecular weight is 172 g/mol. The van der Waals surface area contributed by atoms with Gasteiger partial charge in [-0.15, -0.1) is 0 Å². The second-order valence-electron chi connectivity index (χ2n) is 2.91. The lowest BCUT2D eigenvalue weighted by Gasteiger charge is -2.20. The molecule has 1 amide bonds. The van der Waals surface area contributed by atoms with E-state index >= 15 is 0 Å². The highest BCUT2D eigenvalue weighted by atomic mass is 16.6. The zero-order valence-corrected chi connectivity index (χ0v) is 7.45. The summed E-state index contributed by atoms with van der Waals surface area (Å²) in [5, 5.41) is 0. The minimum atomic E-state index is -0.217. The van der Waals surface area contributed by atoms with Crippen molar-refractivity contribution in [2.24, 2.45) is 5.73 Å². The molecule has 0 aromatic heterocycles. The molecular formula is C8H16N2O2. The molecule has 4 heteroatoms. The minimum Gasteiger partial charge on any atom is -0.450 e. The van der Waals surface area contributed by atoms with Crippen molar-refractivity contribution < 1.29 is 9.53 Å². The molecule has 0 atom stereocenters. The monoisotopic (exact) mass is 172 g/mol. The summed E-state index contributed by atoms with van der Waals surface area (Å²) in [6.07, 6.45) is 1.97. The highest BCUT2D eigenvalue weighted by molar-refractivity contribution is 5.68. The Hall–Kier alpha value is -0.770. The molecule has 0 bridgehead atoms. The molecule has 1 aliphatic rings. The van der Waals surface area contributed by atoms with E-state index < -0.39 is 0 Å². The molecule has 2 N–H and O–H groups in total. The van der Waals surface area contributed by atoms with Gasteiger partial charge in [0, 0.05) is 19.1 Å². The summed E-state index contributed by atoms with van der Waals surface area (Å²) in [4.78, 5) is 13.0. The summed E-state index contributed by atoms with van der Waals surface area (Å²) in [6.45, 7) is 3.37. The second-order valence-corrected chi connectivity index (χ2v) is 2.91.